The smallest absolute Gasteiger partial charge is 0.230 e. The first kappa shape index (κ1) is 14.8. The molecule has 23 heavy (non-hydrogen) atoms. The van der Waals surface area contributed by atoms with E-state index >= 15 is 0 Å². The quantitative estimate of drug-likeness (QED) is 0.794. The van der Waals surface area contributed by atoms with Crippen LogP contribution in [0.5, 0.6) is 0 Å². The highest BCUT2D eigenvalue weighted by Crippen LogP contribution is 2.44. The Bertz CT molecular complexity index is 667. The van der Waals surface area contributed by atoms with Crippen LogP contribution in [-0.4, -0.2) is 32.5 Å². The van der Waals surface area contributed by atoms with Crippen LogP contribution in [0.15, 0.2) is 41.8 Å². The van der Waals surface area contributed by atoms with Crippen LogP contribution in [0.3, 0.4) is 0 Å². The molecule has 4 rings (SSSR count). The fourth-order valence-corrected chi connectivity index (χ4v) is 3.72. The Morgan fingerprint density at radius 1 is 1.22 bits per heavy atom. The maximum Gasteiger partial charge on any atom is 0.230 e. The Morgan fingerprint density at radius 2 is 1.91 bits per heavy atom. The predicted molar refractivity (Wildman–Crippen MR) is 89.5 cm³/mol. The summed E-state index contributed by atoms with van der Waals surface area (Å²) in [7, 11) is 0. The SMILES string of the molecule is O=C(CSc1nncn1-c1ccccc1)NC(C1CC1)C1CC1. The van der Waals surface area contributed by atoms with Gasteiger partial charge < -0.3 is 5.32 Å². The van der Waals surface area contributed by atoms with E-state index in [0.29, 0.717) is 11.8 Å². The molecule has 2 saturated carbocycles. The van der Waals surface area contributed by atoms with Crippen LogP contribution in [0.1, 0.15) is 25.7 Å². The lowest BCUT2D eigenvalue weighted by Crippen LogP contribution is -2.39. The van der Waals surface area contributed by atoms with Crippen molar-refractivity contribution in [1.82, 2.24) is 20.1 Å². The highest BCUT2D eigenvalue weighted by molar-refractivity contribution is 7.99. The van der Waals surface area contributed by atoms with Gasteiger partial charge in [-0.1, -0.05) is 30.0 Å². The molecule has 0 spiro atoms. The number of nitrogens with one attached hydrogen (secondary N) is 1. The van der Waals surface area contributed by atoms with Crippen molar-refractivity contribution in [2.24, 2.45) is 11.8 Å². The van der Waals surface area contributed by atoms with Gasteiger partial charge in [-0.3, -0.25) is 9.36 Å². The lowest BCUT2D eigenvalue weighted by Gasteiger charge is -2.17. The first-order valence-corrected chi connectivity index (χ1v) is 9.17. The van der Waals surface area contributed by atoms with Crippen molar-refractivity contribution in [3.63, 3.8) is 0 Å². The molecule has 120 valence electrons. The Balaban J connectivity index is 1.36. The van der Waals surface area contributed by atoms with Crippen molar-refractivity contribution >= 4 is 17.7 Å². The largest absolute Gasteiger partial charge is 0.352 e. The van der Waals surface area contributed by atoms with E-state index in [4.69, 9.17) is 0 Å². The van der Waals surface area contributed by atoms with Crippen molar-refractivity contribution in [2.75, 3.05) is 5.75 Å². The summed E-state index contributed by atoms with van der Waals surface area (Å²) in [6.45, 7) is 0. The van der Waals surface area contributed by atoms with Gasteiger partial charge >= 0.3 is 0 Å². The maximum absolute atomic E-state index is 12.3. The molecule has 2 aliphatic rings. The Hall–Kier alpha value is -1.82. The lowest BCUT2D eigenvalue weighted by atomic mass is 10.1. The number of hydrogen-bond donors (Lipinski definition) is 1. The summed E-state index contributed by atoms with van der Waals surface area (Å²) >= 11 is 1.44. The standard InChI is InChI=1S/C17H20N4OS/c22-15(19-16(12-6-7-12)13-8-9-13)10-23-17-20-18-11-21(17)14-4-2-1-3-5-14/h1-5,11-13,16H,6-10H2,(H,19,22). The molecular formula is C17H20N4OS. The molecule has 1 N–H and O–H groups in total. The number of rotatable bonds is 7. The summed E-state index contributed by atoms with van der Waals surface area (Å²) in [5.74, 6) is 1.96. The monoisotopic (exact) mass is 328 g/mol. The third-order valence-electron chi connectivity index (χ3n) is 4.47. The van der Waals surface area contributed by atoms with Gasteiger partial charge in [0.05, 0.1) is 5.75 Å². The van der Waals surface area contributed by atoms with E-state index in [9.17, 15) is 4.79 Å². The van der Waals surface area contributed by atoms with Crippen LogP contribution in [0.2, 0.25) is 0 Å². The summed E-state index contributed by atoms with van der Waals surface area (Å²) in [4.78, 5) is 12.3. The van der Waals surface area contributed by atoms with Crippen LogP contribution < -0.4 is 5.32 Å². The second-order valence-electron chi connectivity index (χ2n) is 6.38. The average Bonchev–Trinajstić information content (AvgIpc) is 3.50. The van der Waals surface area contributed by atoms with Crippen molar-refractivity contribution in [1.29, 1.82) is 0 Å². The molecule has 0 atom stereocenters. The number of thioether (sulfide) groups is 1. The van der Waals surface area contributed by atoms with Gasteiger partial charge in [0.1, 0.15) is 6.33 Å². The molecule has 1 heterocycles. The van der Waals surface area contributed by atoms with Crippen molar-refractivity contribution in [3.8, 4) is 5.69 Å². The number of hydrogen-bond acceptors (Lipinski definition) is 4. The number of carbonyl (C=O) groups is 1. The number of aromatic nitrogens is 3. The molecule has 0 bridgehead atoms. The molecular weight excluding hydrogens is 308 g/mol. The van der Waals surface area contributed by atoms with E-state index in [0.717, 1.165) is 22.7 Å². The molecule has 0 aliphatic heterocycles. The number of para-hydroxylation sites is 1. The van der Waals surface area contributed by atoms with E-state index in [2.05, 4.69) is 15.5 Å². The Morgan fingerprint density at radius 3 is 2.57 bits per heavy atom. The normalized spacial score (nSPS) is 17.4. The van der Waals surface area contributed by atoms with Crippen LogP contribution in [0.4, 0.5) is 0 Å². The van der Waals surface area contributed by atoms with Gasteiger partial charge in [-0.05, 0) is 49.7 Å². The third kappa shape index (κ3) is 3.58. The van der Waals surface area contributed by atoms with Gasteiger partial charge in [-0.15, -0.1) is 10.2 Å². The summed E-state index contributed by atoms with van der Waals surface area (Å²) in [6, 6.07) is 10.4. The van der Waals surface area contributed by atoms with Crippen LogP contribution in [0.25, 0.3) is 5.69 Å². The molecule has 0 saturated heterocycles. The van der Waals surface area contributed by atoms with Crippen molar-refractivity contribution in [3.05, 3.63) is 36.7 Å². The molecule has 2 aliphatic carbocycles. The zero-order valence-electron chi connectivity index (χ0n) is 12.9. The summed E-state index contributed by atoms with van der Waals surface area (Å²) in [5, 5.41) is 12.1. The molecule has 1 aromatic carbocycles. The van der Waals surface area contributed by atoms with E-state index in [1.807, 2.05) is 34.9 Å². The van der Waals surface area contributed by atoms with Gasteiger partial charge in [-0.25, -0.2) is 0 Å². The molecule has 2 aromatic rings. The van der Waals surface area contributed by atoms with Crippen LogP contribution in [0, 0.1) is 11.8 Å². The zero-order chi connectivity index (χ0) is 15.6. The van der Waals surface area contributed by atoms with Crippen LogP contribution >= 0.6 is 11.8 Å². The highest BCUT2D eigenvalue weighted by Gasteiger charge is 2.42. The molecule has 1 aromatic heterocycles. The topological polar surface area (TPSA) is 59.8 Å². The van der Waals surface area contributed by atoms with Crippen LogP contribution in [-0.2, 0) is 4.79 Å². The minimum Gasteiger partial charge on any atom is -0.352 e. The average molecular weight is 328 g/mol. The van der Waals surface area contributed by atoms with Gasteiger partial charge in [0.2, 0.25) is 5.91 Å². The number of nitrogens with zero attached hydrogens (tertiary/aromatic N) is 3. The van der Waals surface area contributed by atoms with Crippen molar-refractivity contribution in [2.45, 2.75) is 36.9 Å². The first-order chi connectivity index (χ1) is 11.3. The van der Waals surface area contributed by atoms with Gasteiger partial charge in [-0.2, -0.15) is 0 Å². The molecule has 5 nitrogen and oxygen atoms in total. The molecule has 6 heteroatoms. The van der Waals surface area contributed by atoms with Gasteiger partial charge in [0.15, 0.2) is 5.16 Å². The van der Waals surface area contributed by atoms with Gasteiger partial charge in [0, 0.05) is 11.7 Å². The Kier molecular flexibility index (Phi) is 4.08. The molecule has 1 amide bonds. The minimum atomic E-state index is 0.112. The molecule has 0 radical (unpaired) electrons. The number of amides is 1. The Labute approximate surface area is 139 Å². The minimum absolute atomic E-state index is 0.112. The zero-order valence-corrected chi connectivity index (χ0v) is 13.7. The highest BCUT2D eigenvalue weighted by atomic mass is 32.2. The molecule has 2 fully saturated rings. The third-order valence-corrected chi connectivity index (χ3v) is 5.41. The summed E-state index contributed by atoms with van der Waals surface area (Å²) < 4.78 is 1.91. The van der Waals surface area contributed by atoms with E-state index in [1.165, 1.54) is 37.4 Å². The number of benzene rings is 1. The second-order valence-corrected chi connectivity index (χ2v) is 7.32. The lowest BCUT2D eigenvalue weighted by molar-refractivity contribution is -0.119. The van der Waals surface area contributed by atoms with E-state index < -0.39 is 0 Å². The van der Waals surface area contributed by atoms with Gasteiger partial charge in [0.25, 0.3) is 0 Å². The molecule has 0 unspecified atom stereocenters. The summed E-state index contributed by atoms with van der Waals surface area (Å²) in [5.41, 5.74) is 1.01. The predicted octanol–water partition coefficient (Wildman–Crippen LogP) is 2.66. The number of carbonyl (C=O) groups excluding carboxylic acids is 1. The maximum atomic E-state index is 12.3. The van der Waals surface area contributed by atoms with E-state index in [-0.39, 0.29) is 5.91 Å². The summed E-state index contributed by atoms with van der Waals surface area (Å²) in [6.07, 6.45) is 6.79. The van der Waals surface area contributed by atoms with Crippen molar-refractivity contribution < 1.29 is 4.79 Å². The van der Waals surface area contributed by atoms with E-state index in [1.54, 1.807) is 6.33 Å². The second kappa shape index (κ2) is 6.35. The first-order valence-electron chi connectivity index (χ1n) is 8.19. The fraction of sp³-hybridized carbons (Fsp3) is 0.471. The fourth-order valence-electron chi connectivity index (χ4n) is 2.98.